The minimum Gasteiger partial charge on any atom is -0.369 e. The molecule has 0 amide bonds. The zero-order chi connectivity index (χ0) is 14.1. The molecule has 3 rings (SSSR count). The van der Waals surface area contributed by atoms with E-state index in [0.717, 1.165) is 31.1 Å². The van der Waals surface area contributed by atoms with E-state index in [1.54, 1.807) is 6.07 Å². The van der Waals surface area contributed by atoms with Crippen LogP contribution in [0.2, 0.25) is 0 Å². The molecule has 1 saturated carbocycles. The molecular formula is C18H26FN. The lowest BCUT2D eigenvalue weighted by molar-refractivity contribution is 0.392. The van der Waals surface area contributed by atoms with E-state index < -0.39 is 0 Å². The van der Waals surface area contributed by atoms with E-state index in [-0.39, 0.29) is 5.82 Å². The predicted molar refractivity (Wildman–Crippen MR) is 83.0 cm³/mol. The van der Waals surface area contributed by atoms with Crippen molar-refractivity contribution >= 4 is 5.69 Å². The van der Waals surface area contributed by atoms with E-state index in [0.29, 0.717) is 5.92 Å². The van der Waals surface area contributed by atoms with Crippen molar-refractivity contribution in [2.75, 3.05) is 18.0 Å². The zero-order valence-electron chi connectivity index (χ0n) is 12.8. The van der Waals surface area contributed by atoms with Gasteiger partial charge in [-0.2, -0.15) is 0 Å². The second-order valence-electron chi connectivity index (χ2n) is 6.47. The Balaban J connectivity index is 1.84. The minimum absolute atomic E-state index is 0.0128. The molecule has 2 heteroatoms. The van der Waals surface area contributed by atoms with Crippen LogP contribution in [0.25, 0.3) is 0 Å². The fourth-order valence-electron chi connectivity index (χ4n) is 3.52. The van der Waals surface area contributed by atoms with Crippen LogP contribution in [0.15, 0.2) is 12.1 Å². The quantitative estimate of drug-likeness (QED) is 0.756. The van der Waals surface area contributed by atoms with Gasteiger partial charge in [-0.3, -0.25) is 0 Å². The Morgan fingerprint density at radius 1 is 1.10 bits per heavy atom. The van der Waals surface area contributed by atoms with Gasteiger partial charge in [-0.15, -0.1) is 0 Å². The predicted octanol–water partition coefficient (Wildman–Crippen LogP) is 4.89. The lowest BCUT2D eigenvalue weighted by Gasteiger charge is -2.34. The van der Waals surface area contributed by atoms with Crippen molar-refractivity contribution in [2.45, 2.75) is 58.3 Å². The van der Waals surface area contributed by atoms with Gasteiger partial charge in [-0.1, -0.05) is 20.3 Å². The van der Waals surface area contributed by atoms with Gasteiger partial charge < -0.3 is 4.90 Å². The summed E-state index contributed by atoms with van der Waals surface area (Å²) in [7, 11) is 0. The molecule has 1 nitrogen and oxygen atoms in total. The number of hydrogen-bond donors (Lipinski definition) is 0. The topological polar surface area (TPSA) is 3.24 Å². The third-order valence-corrected chi connectivity index (χ3v) is 5.14. The summed E-state index contributed by atoms with van der Waals surface area (Å²) in [6.07, 6.45) is 7.21. The van der Waals surface area contributed by atoms with E-state index in [2.05, 4.69) is 24.8 Å². The average molecular weight is 275 g/mol. The highest BCUT2D eigenvalue weighted by Gasteiger charge is 2.28. The largest absolute Gasteiger partial charge is 0.369 e. The number of halogens is 1. The molecule has 1 aliphatic heterocycles. The van der Waals surface area contributed by atoms with Crippen molar-refractivity contribution in [1.29, 1.82) is 0 Å². The van der Waals surface area contributed by atoms with Crippen molar-refractivity contribution in [3.63, 3.8) is 0 Å². The molecule has 2 fully saturated rings. The maximum Gasteiger partial charge on any atom is 0.146 e. The summed E-state index contributed by atoms with van der Waals surface area (Å²) in [4.78, 5) is 2.27. The van der Waals surface area contributed by atoms with Gasteiger partial charge in [0.25, 0.3) is 0 Å². The van der Waals surface area contributed by atoms with Crippen LogP contribution in [-0.2, 0) is 6.42 Å². The fraction of sp³-hybridized carbons (Fsp3) is 0.667. The van der Waals surface area contributed by atoms with E-state index in [4.69, 9.17) is 0 Å². The molecule has 1 aromatic carbocycles. The van der Waals surface area contributed by atoms with Gasteiger partial charge in [0.2, 0.25) is 0 Å². The molecule has 0 atom stereocenters. The molecule has 0 radical (unpaired) electrons. The Morgan fingerprint density at radius 2 is 1.80 bits per heavy atom. The Hall–Kier alpha value is -1.05. The third-order valence-electron chi connectivity index (χ3n) is 5.14. The standard InChI is InChI=1S/C18H26FN/c1-3-13-7-9-20(10-8-13)18-12-16(15-5-6-15)14(4-2)11-17(18)19/h11-13,15H,3-10H2,1-2H3. The number of nitrogens with zero attached hydrogens (tertiary/aromatic N) is 1. The maximum absolute atomic E-state index is 14.4. The lowest BCUT2D eigenvalue weighted by Crippen LogP contribution is -2.34. The van der Waals surface area contributed by atoms with Crippen molar-refractivity contribution in [3.05, 3.63) is 29.1 Å². The molecule has 0 bridgehead atoms. The normalized spacial score (nSPS) is 20.4. The van der Waals surface area contributed by atoms with E-state index in [9.17, 15) is 4.39 Å². The summed E-state index contributed by atoms with van der Waals surface area (Å²) in [6, 6.07) is 3.97. The van der Waals surface area contributed by atoms with Crippen LogP contribution in [0, 0.1) is 11.7 Å². The highest BCUT2D eigenvalue weighted by atomic mass is 19.1. The SMILES string of the molecule is CCc1cc(F)c(N2CCC(CC)CC2)cc1C1CC1. The average Bonchev–Trinajstić information content (AvgIpc) is 3.31. The second-order valence-corrected chi connectivity index (χ2v) is 6.47. The molecule has 0 unspecified atom stereocenters. The fourth-order valence-corrected chi connectivity index (χ4v) is 3.52. The van der Waals surface area contributed by atoms with Crippen molar-refractivity contribution < 1.29 is 4.39 Å². The summed E-state index contributed by atoms with van der Waals surface area (Å²) in [5, 5.41) is 0. The van der Waals surface area contributed by atoms with Gasteiger partial charge >= 0.3 is 0 Å². The maximum atomic E-state index is 14.4. The second kappa shape index (κ2) is 5.75. The van der Waals surface area contributed by atoms with Crippen LogP contribution in [0.5, 0.6) is 0 Å². The van der Waals surface area contributed by atoms with Crippen LogP contribution in [0.1, 0.15) is 63.0 Å². The Bertz CT molecular complexity index is 471. The van der Waals surface area contributed by atoms with E-state index in [1.807, 2.05) is 0 Å². The van der Waals surface area contributed by atoms with Crippen LogP contribution in [0.3, 0.4) is 0 Å². The van der Waals surface area contributed by atoms with Crippen molar-refractivity contribution in [3.8, 4) is 0 Å². The van der Waals surface area contributed by atoms with E-state index >= 15 is 0 Å². The first-order valence-electron chi connectivity index (χ1n) is 8.30. The third kappa shape index (κ3) is 2.70. The van der Waals surface area contributed by atoms with Crippen LogP contribution in [0.4, 0.5) is 10.1 Å². The van der Waals surface area contributed by atoms with Gasteiger partial charge in [-0.05, 0) is 67.2 Å². The van der Waals surface area contributed by atoms with Gasteiger partial charge in [0.15, 0.2) is 0 Å². The highest BCUT2D eigenvalue weighted by molar-refractivity contribution is 5.54. The Morgan fingerprint density at radius 3 is 2.35 bits per heavy atom. The van der Waals surface area contributed by atoms with Crippen molar-refractivity contribution in [1.82, 2.24) is 0 Å². The number of hydrogen-bond acceptors (Lipinski definition) is 1. The molecule has 20 heavy (non-hydrogen) atoms. The molecule has 2 aliphatic rings. The van der Waals surface area contributed by atoms with Gasteiger partial charge in [0.05, 0.1) is 5.69 Å². The lowest BCUT2D eigenvalue weighted by atomic mass is 9.93. The molecule has 0 aromatic heterocycles. The summed E-state index contributed by atoms with van der Waals surface area (Å²) >= 11 is 0. The first kappa shape index (κ1) is 13.9. The summed E-state index contributed by atoms with van der Waals surface area (Å²) < 4.78 is 14.4. The Labute approximate surface area is 122 Å². The Kier molecular flexibility index (Phi) is 4.00. The van der Waals surface area contributed by atoms with Crippen LogP contribution in [-0.4, -0.2) is 13.1 Å². The highest BCUT2D eigenvalue weighted by Crippen LogP contribution is 2.44. The number of rotatable bonds is 4. The smallest absolute Gasteiger partial charge is 0.146 e. The molecule has 1 saturated heterocycles. The van der Waals surface area contributed by atoms with E-state index in [1.165, 1.54) is 43.2 Å². The first-order valence-corrected chi connectivity index (χ1v) is 8.30. The number of benzene rings is 1. The molecule has 0 N–H and O–H groups in total. The monoisotopic (exact) mass is 275 g/mol. The zero-order valence-corrected chi connectivity index (χ0v) is 12.8. The summed E-state index contributed by atoms with van der Waals surface area (Å²) in [6.45, 7) is 6.44. The molecular weight excluding hydrogens is 249 g/mol. The molecule has 1 aromatic rings. The molecule has 1 aliphatic carbocycles. The molecule has 0 spiro atoms. The van der Waals surface area contributed by atoms with Crippen LogP contribution >= 0.6 is 0 Å². The number of anilines is 1. The summed E-state index contributed by atoms with van der Waals surface area (Å²) in [5.41, 5.74) is 3.50. The number of piperidine rings is 1. The molecule has 1 heterocycles. The minimum atomic E-state index is -0.0128. The van der Waals surface area contributed by atoms with Gasteiger partial charge in [0, 0.05) is 13.1 Å². The van der Waals surface area contributed by atoms with Crippen LogP contribution < -0.4 is 4.90 Å². The van der Waals surface area contributed by atoms with Gasteiger partial charge in [0.1, 0.15) is 5.82 Å². The molecule has 110 valence electrons. The van der Waals surface area contributed by atoms with Crippen molar-refractivity contribution in [2.24, 2.45) is 5.92 Å². The van der Waals surface area contributed by atoms with Gasteiger partial charge in [-0.25, -0.2) is 4.39 Å². The number of aryl methyl sites for hydroxylation is 1. The summed E-state index contributed by atoms with van der Waals surface area (Å²) in [5.74, 6) is 1.53. The first-order chi connectivity index (χ1) is 9.72.